The Morgan fingerprint density at radius 1 is 1.45 bits per heavy atom. The lowest BCUT2D eigenvalue weighted by molar-refractivity contribution is -0.117. The van der Waals surface area contributed by atoms with Crippen LogP contribution in [0.1, 0.15) is 52.0 Å². The second-order valence-corrected chi connectivity index (χ2v) is 7.92. The summed E-state index contributed by atoms with van der Waals surface area (Å²) >= 11 is 0. The van der Waals surface area contributed by atoms with Crippen LogP contribution in [0.5, 0.6) is 5.88 Å². The van der Waals surface area contributed by atoms with Crippen molar-refractivity contribution in [1.29, 1.82) is 0 Å². The molecule has 2 heterocycles. The molecule has 3 rings (SSSR count). The zero-order chi connectivity index (χ0) is 22.5. The Hall–Kier alpha value is -2.80. The van der Waals surface area contributed by atoms with Crippen molar-refractivity contribution >= 4 is 28.2 Å². The van der Waals surface area contributed by atoms with Crippen LogP contribution in [0.2, 0.25) is 0 Å². The number of aliphatic hydroxyl groups excluding tert-OH is 1. The number of hydrogen-bond donors (Lipinski definition) is 2. The number of methoxy groups -OCH3 is 1. The van der Waals surface area contributed by atoms with Gasteiger partial charge in [-0.15, -0.1) is 0 Å². The van der Waals surface area contributed by atoms with Gasteiger partial charge in [0.1, 0.15) is 12.0 Å². The molecule has 1 saturated carbocycles. The lowest BCUT2D eigenvalue weighted by Crippen LogP contribution is -2.15. The van der Waals surface area contributed by atoms with Gasteiger partial charge in [0, 0.05) is 23.2 Å². The van der Waals surface area contributed by atoms with Gasteiger partial charge in [0.15, 0.2) is 0 Å². The highest BCUT2D eigenvalue weighted by molar-refractivity contribution is 5.96. The van der Waals surface area contributed by atoms with Gasteiger partial charge in [0.2, 0.25) is 11.8 Å². The van der Waals surface area contributed by atoms with E-state index in [0.717, 1.165) is 34.9 Å². The molecule has 2 aromatic heterocycles. The summed E-state index contributed by atoms with van der Waals surface area (Å²) in [5, 5.41) is 13.5. The van der Waals surface area contributed by atoms with Gasteiger partial charge in [-0.3, -0.25) is 4.79 Å². The van der Waals surface area contributed by atoms with Gasteiger partial charge in [0.05, 0.1) is 24.6 Å². The van der Waals surface area contributed by atoms with Crippen molar-refractivity contribution in [3.05, 3.63) is 41.6 Å². The highest BCUT2D eigenvalue weighted by atomic mass is 19.1. The van der Waals surface area contributed by atoms with Gasteiger partial charge in [-0.25, -0.2) is 14.4 Å². The van der Waals surface area contributed by atoms with Crippen molar-refractivity contribution in [2.75, 3.05) is 12.4 Å². The molecule has 1 amide bonds. The number of carbonyl (C=O) groups is 1. The van der Waals surface area contributed by atoms with E-state index in [1.54, 1.807) is 19.4 Å². The van der Waals surface area contributed by atoms with Gasteiger partial charge in [-0.2, -0.15) is 0 Å². The SMILES string of the molecule is C/C=C(\C(C)=C/CC(O)CCC)c1cc2cnc(NC(=O)C3CC3F)cc2nc1OC. The molecule has 0 radical (unpaired) electrons. The maximum atomic E-state index is 13.1. The summed E-state index contributed by atoms with van der Waals surface area (Å²) in [6.07, 6.45) is 6.83. The third-order valence-corrected chi connectivity index (χ3v) is 5.48. The van der Waals surface area contributed by atoms with Crippen molar-refractivity contribution in [3.63, 3.8) is 0 Å². The van der Waals surface area contributed by atoms with Crippen LogP contribution < -0.4 is 10.1 Å². The Morgan fingerprint density at radius 3 is 2.81 bits per heavy atom. The Morgan fingerprint density at radius 2 is 2.19 bits per heavy atom. The topological polar surface area (TPSA) is 84.3 Å². The molecule has 0 bridgehead atoms. The van der Waals surface area contributed by atoms with E-state index in [-0.39, 0.29) is 18.4 Å². The number of amides is 1. The predicted octanol–water partition coefficient (Wildman–Crippen LogP) is 4.84. The van der Waals surface area contributed by atoms with Crippen molar-refractivity contribution in [3.8, 4) is 5.88 Å². The number of nitrogens with zero attached hydrogens (tertiary/aromatic N) is 2. The van der Waals surface area contributed by atoms with Gasteiger partial charge < -0.3 is 15.2 Å². The summed E-state index contributed by atoms with van der Waals surface area (Å²) in [5.41, 5.74) is 3.44. The third kappa shape index (κ3) is 5.47. The second kappa shape index (κ2) is 10.0. The molecule has 2 N–H and O–H groups in total. The molecule has 31 heavy (non-hydrogen) atoms. The summed E-state index contributed by atoms with van der Waals surface area (Å²) < 4.78 is 18.7. The first-order valence-electron chi connectivity index (χ1n) is 10.7. The van der Waals surface area contributed by atoms with Crippen LogP contribution in [0.4, 0.5) is 10.2 Å². The van der Waals surface area contributed by atoms with Crippen molar-refractivity contribution in [1.82, 2.24) is 9.97 Å². The highest BCUT2D eigenvalue weighted by Crippen LogP contribution is 2.35. The number of anilines is 1. The first kappa shape index (κ1) is 22.9. The molecule has 0 aliphatic heterocycles. The molecule has 1 aliphatic rings. The average molecular weight is 428 g/mol. The number of ether oxygens (including phenoxy) is 1. The lowest BCUT2D eigenvalue weighted by Gasteiger charge is -2.15. The Balaban J connectivity index is 1.88. The zero-order valence-corrected chi connectivity index (χ0v) is 18.5. The van der Waals surface area contributed by atoms with Gasteiger partial charge >= 0.3 is 0 Å². The first-order chi connectivity index (χ1) is 14.9. The van der Waals surface area contributed by atoms with Gasteiger partial charge in [-0.1, -0.05) is 25.5 Å². The van der Waals surface area contributed by atoms with Crippen LogP contribution in [0.3, 0.4) is 0 Å². The molecule has 1 fully saturated rings. The lowest BCUT2D eigenvalue weighted by atomic mass is 9.96. The summed E-state index contributed by atoms with van der Waals surface area (Å²) in [6.45, 7) is 6.01. The van der Waals surface area contributed by atoms with E-state index in [2.05, 4.69) is 22.2 Å². The van der Waals surface area contributed by atoms with E-state index < -0.39 is 12.1 Å². The number of nitrogens with one attached hydrogen (secondary N) is 1. The molecule has 0 saturated heterocycles. The number of alkyl halides is 1. The normalized spacial score (nSPS) is 19.9. The number of rotatable bonds is 9. The van der Waals surface area contributed by atoms with Crippen molar-refractivity contribution < 1.29 is 19.0 Å². The van der Waals surface area contributed by atoms with Crippen LogP contribution in [0.25, 0.3) is 16.5 Å². The quantitative estimate of drug-likeness (QED) is 0.560. The first-order valence-corrected chi connectivity index (χ1v) is 10.7. The van der Waals surface area contributed by atoms with Gasteiger partial charge in [-0.05, 0) is 50.3 Å². The van der Waals surface area contributed by atoms with Crippen molar-refractivity contribution in [2.24, 2.45) is 5.92 Å². The van der Waals surface area contributed by atoms with E-state index in [1.807, 2.05) is 32.1 Å². The fourth-order valence-electron chi connectivity index (χ4n) is 3.59. The maximum absolute atomic E-state index is 13.1. The number of allylic oxidation sites excluding steroid dienone is 3. The molecule has 166 valence electrons. The number of pyridine rings is 2. The number of aliphatic hydroxyl groups is 1. The number of aromatic nitrogens is 2. The summed E-state index contributed by atoms with van der Waals surface area (Å²) in [7, 11) is 1.56. The number of hydrogen-bond acceptors (Lipinski definition) is 5. The Bertz CT molecular complexity index is 1020. The largest absolute Gasteiger partial charge is 0.481 e. The van der Waals surface area contributed by atoms with E-state index >= 15 is 0 Å². The summed E-state index contributed by atoms with van der Waals surface area (Å²) in [5.74, 6) is -0.140. The smallest absolute Gasteiger partial charge is 0.231 e. The van der Waals surface area contributed by atoms with Crippen LogP contribution in [-0.4, -0.2) is 40.4 Å². The molecule has 1 aliphatic carbocycles. The Kier molecular flexibility index (Phi) is 7.38. The minimum atomic E-state index is -1.06. The fourth-order valence-corrected chi connectivity index (χ4v) is 3.59. The summed E-state index contributed by atoms with van der Waals surface area (Å²) in [6, 6.07) is 3.61. The molecular weight excluding hydrogens is 397 g/mol. The molecule has 2 aromatic rings. The maximum Gasteiger partial charge on any atom is 0.231 e. The van der Waals surface area contributed by atoms with Crippen LogP contribution >= 0.6 is 0 Å². The molecule has 7 heteroatoms. The molecule has 6 nitrogen and oxygen atoms in total. The molecule has 0 aromatic carbocycles. The molecular formula is C24H30FN3O3. The third-order valence-electron chi connectivity index (χ3n) is 5.48. The monoisotopic (exact) mass is 427 g/mol. The molecule has 3 atom stereocenters. The minimum absolute atomic E-state index is 0.267. The van der Waals surface area contributed by atoms with Crippen molar-refractivity contribution in [2.45, 2.75) is 58.7 Å². The van der Waals surface area contributed by atoms with Crippen LogP contribution in [0, 0.1) is 5.92 Å². The number of halogens is 1. The Labute approximate surface area is 182 Å². The van der Waals surface area contributed by atoms with E-state index in [1.165, 1.54) is 0 Å². The number of carbonyl (C=O) groups excluding carboxylic acids is 1. The van der Waals surface area contributed by atoms with Crippen LogP contribution in [-0.2, 0) is 4.79 Å². The number of fused-ring (bicyclic) bond motifs is 1. The van der Waals surface area contributed by atoms with Crippen LogP contribution in [0.15, 0.2) is 36.1 Å². The molecule has 0 spiro atoms. The second-order valence-electron chi connectivity index (χ2n) is 7.92. The zero-order valence-electron chi connectivity index (χ0n) is 18.5. The van der Waals surface area contributed by atoms with E-state index in [9.17, 15) is 14.3 Å². The van der Waals surface area contributed by atoms with E-state index in [0.29, 0.717) is 23.6 Å². The fraction of sp³-hybridized carbons (Fsp3) is 0.458. The molecule has 3 unspecified atom stereocenters. The standard InChI is InChI=1S/C24H30FN3O3/c1-5-7-16(29)9-8-14(3)17(6-2)18-10-15-13-26-22(12-21(15)27-24(18)31-4)28-23(30)19-11-20(19)25/h6,8,10,12-13,16,19-20,29H,5,7,9,11H2,1-4H3,(H,26,28,30)/b14-8-,17-6+. The van der Waals surface area contributed by atoms with Gasteiger partial charge in [0.25, 0.3) is 0 Å². The average Bonchev–Trinajstić information content (AvgIpc) is 3.49. The minimum Gasteiger partial charge on any atom is -0.481 e. The summed E-state index contributed by atoms with van der Waals surface area (Å²) in [4.78, 5) is 20.9. The van der Waals surface area contributed by atoms with E-state index in [4.69, 9.17) is 4.74 Å². The highest BCUT2D eigenvalue weighted by Gasteiger charge is 2.43. The predicted molar refractivity (Wildman–Crippen MR) is 121 cm³/mol.